The van der Waals surface area contributed by atoms with Crippen molar-refractivity contribution in [2.45, 2.75) is 49.9 Å². The summed E-state index contributed by atoms with van der Waals surface area (Å²) in [5.74, 6) is -6.05. The van der Waals surface area contributed by atoms with Crippen molar-refractivity contribution < 1.29 is 44.4 Å². The summed E-state index contributed by atoms with van der Waals surface area (Å²) >= 11 is 0. The number of aliphatic hydroxyl groups excluding tert-OH is 2. The largest absolute Gasteiger partial charge is 0.481 e. The molecule has 0 aromatic rings. The predicted octanol–water partition coefficient (Wildman–Crippen LogP) is -4.56. The van der Waals surface area contributed by atoms with E-state index in [9.17, 15) is 34.2 Å². The van der Waals surface area contributed by atoms with E-state index in [1.165, 1.54) is 0 Å². The Hall–Kier alpha value is -2.81. The lowest BCUT2D eigenvalue weighted by molar-refractivity contribution is -0.147. The van der Waals surface area contributed by atoms with Crippen molar-refractivity contribution in [2.24, 2.45) is 11.5 Å². The third-order valence-corrected chi connectivity index (χ3v) is 3.93. The van der Waals surface area contributed by atoms with Crippen molar-refractivity contribution in [3.05, 3.63) is 0 Å². The molecule has 3 amide bonds. The molecule has 0 spiro atoms. The van der Waals surface area contributed by atoms with Crippen LogP contribution in [0.3, 0.4) is 0 Å². The normalized spacial score (nSPS) is 14.7. The molecule has 0 aliphatic carbocycles. The summed E-state index contributed by atoms with van der Waals surface area (Å²) in [5, 5.41) is 42.4. The number of nitrogens with one attached hydrogen (secondary N) is 3. The first-order chi connectivity index (χ1) is 14.1. The lowest BCUT2D eigenvalue weighted by atomic mass is 10.1. The van der Waals surface area contributed by atoms with Crippen molar-refractivity contribution in [2.75, 3.05) is 19.8 Å². The molecule has 4 atom stereocenters. The highest BCUT2D eigenvalue weighted by Crippen LogP contribution is 2.00. The van der Waals surface area contributed by atoms with Crippen LogP contribution in [-0.2, 0) is 24.0 Å². The Morgan fingerprint density at radius 1 is 0.767 bits per heavy atom. The number of hydrogen-bond donors (Lipinski definition) is 9. The van der Waals surface area contributed by atoms with Crippen LogP contribution in [-0.4, -0.2) is 94.0 Å². The fourth-order valence-electron chi connectivity index (χ4n) is 2.23. The average Bonchev–Trinajstić information content (AvgIpc) is 2.68. The van der Waals surface area contributed by atoms with Crippen molar-refractivity contribution in [1.29, 1.82) is 0 Å². The second-order valence-corrected chi connectivity index (χ2v) is 6.38. The summed E-state index contributed by atoms with van der Waals surface area (Å²) in [6.07, 6.45) is 0.599. The summed E-state index contributed by atoms with van der Waals surface area (Å²) in [5.41, 5.74) is 11.0. The van der Waals surface area contributed by atoms with Gasteiger partial charge in [0.05, 0.1) is 25.7 Å². The molecule has 172 valence electrons. The van der Waals surface area contributed by atoms with Gasteiger partial charge in [0.1, 0.15) is 18.1 Å². The molecule has 0 aliphatic heterocycles. The van der Waals surface area contributed by atoms with Gasteiger partial charge in [-0.3, -0.25) is 19.2 Å². The Morgan fingerprint density at radius 2 is 1.23 bits per heavy atom. The molecule has 0 fully saturated rings. The van der Waals surface area contributed by atoms with Gasteiger partial charge >= 0.3 is 11.9 Å². The van der Waals surface area contributed by atoms with Gasteiger partial charge in [0, 0.05) is 0 Å². The molecule has 0 heterocycles. The van der Waals surface area contributed by atoms with Crippen LogP contribution < -0.4 is 27.4 Å². The van der Waals surface area contributed by atoms with E-state index in [1.807, 2.05) is 10.6 Å². The number of amides is 3. The van der Waals surface area contributed by atoms with Crippen molar-refractivity contribution in [3.8, 4) is 0 Å². The zero-order valence-electron chi connectivity index (χ0n) is 16.2. The third kappa shape index (κ3) is 10.1. The van der Waals surface area contributed by atoms with Gasteiger partial charge in [-0.25, -0.2) is 4.79 Å². The molecule has 0 rings (SSSR count). The molecule has 30 heavy (non-hydrogen) atoms. The Balaban J connectivity index is 4.92. The maximum atomic E-state index is 12.2. The van der Waals surface area contributed by atoms with Gasteiger partial charge in [-0.2, -0.15) is 0 Å². The van der Waals surface area contributed by atoms with Crippen LogP contribution in [0, 0.1) is 0 Å². The second-order valence-electron chi connectivity index (χ2n) is 6.38. The van der Waals surface area contributed by atoms with E-state index in [4.69, 9.17) is 21.7 Å². The monoisotopic (exact) mass is 435 g/mol. The minimum absolute atomic E-state index is 0.296. The SMILES string of the molecule is NCCCCC(N)C(=O)NC(CO)C(=O)NC(CO)C(=O)NC(CC(=O)O)C(=O)O. The third-order valence-electron chi connectivity index (χ3n) is 3.93. The molecule has 0 bridgehead atoms. The van der Waals surface area contributed by atoms with Gasteiger partial charge in [0.25, 0.3) is 0 Å². The van der Waals surface area contributed by atoms with E-state index in [0.29, 0.717) is 25.8 Å². The molecule has 0 aromatic carbocycles. The van der Waals surface area contributed by atoms with Crippen LogP contribution in [0.1, 0.15) is 25.7 Å². The summed E-state index contributed by atoms with van der Waals surface area (Å²) in [7, 11) is 0. The number of carboxylic acid groups (broad SMARTS) is 2. The van der Waals surface area contributed by atoms with Crippen LogP contribution in [0.4, 0.5) is 0 Å². The molecule has 14 heteroatoms. The minimum Gasteiger partial charge on any atom is -0.481 e. The topological polar surface area (TPSA) is 254 Å². The molecule has 0 aliphatic rings. The molecule has 11 N–H and O–H groups in total. The number of carbonyl (C=O) groups excluding carboxylic acids is 3. The minimum atomic E-state index is -1.79. The smallest absolute Gasteiger partial charge is 0.326 e. The predicted molar refractivity (Wildman–Crippen MR) is 101 cm³/mol. The Morgan fingerprint density at radius 3 is 1.63 bits per heavy atom. The van der Waals surface area contributed by atoms with E-state index in [1.54, 1.807) is 0 Å². The van der Waals surface area contributed by atoms with E-state index in [0.717, 1.165) is 0 Å². The van der Waals surface area contributed by atoms with Crippen LogP contribution in [0.2, 0.25) is 0 Å². The molecular weight excluding hydrogens is 406 g/mol. The van der Waals surface area contributed by atoms with Gasteiger partial charge in [-0.15, -0.1) is 0 Å². The maximum Gasteiger partial charge on any atom is 0.326 e. The first-order valence-electron chi connectivity index (χ1n) is 9.10. The van der Waals surface area contributed by atoms with Crippen LogP contribution in [0.25, 0.3) is 0 Å². The maximum absolute atomic E-state index is 12.2. The van der Waals surface area contributed by atoms with Gasteiger partial charge in [0.15, 0.2) is 0 Å². The zero-order chi connectivity index (χ0) is 23.3. The van der Waals surface area contributed by atoms with Crippen molar-refractivity contribution in [1.82, 2.24) is 16.0 Å². The Kier molecular flexibility index (Phi) is 12.9. The molecule has 0 saturated carbocycles. The lowest BCUT2D eigenvalue weighted by Gasteiger charge is -2.23. The van der Waals surface area contributed by atoms with Gasteiger partial charge in [0.2, 0.25) is 17.7 Å². The van der Waals surface area contributed by atoms with E-state index < -0.39 is 73.5 Å². The van der Waals surface area contributed by atoms with E-state index in [-0.39, 0.29) is 0 Å². The molecular formula is C16H29N5O9. The Bertz CT molecular complexity index is 616. The van der Waals surface area contributed by atoms with Crippen LogP contribution in [0.5, 0.6) is 0 Å². The van der Waals surface area contributed by atoms with E-state index in [2.05, 4.69) is 5.32 Å². The quantitative estimate of drug-likeness (QED) is 0.111. The first kappa shape index (κ1) is 27.2. The number of aliphatic hydroxyl groups is 2. The summed E-state index contributed by atoms with van der Waals surface area (Å²) in [4.78, 5) is 58.0. The molecule has 0 radical (unpaired) electrons. The first-order valence-corrected chi connectivity index (χ1v) is 9.10. The molecule has 4 unspecified atom stereocenters. The van der Waals surface area contributed by atoms with E-state index >= 15 is 0 Å². The number of unbranched alkanes of at least 4 members (excludes halogenated alkanes) is 1. The van der Waals surface area contributed by atoms with Crippen LogP contribution >= 0.6 is 0 Å². The van der Waals surface area contributed by atoms with Gasteiger partial charge in [-0.1, -0.05) is 6.42 Å². The molecule has 14 nitrogen and oxygen atoms in total. The second kappa shape index (κ2) is 14.2. The highest BCUT2D eigenvalue weighted by Gasteiger charge is 2.30. The number of carboxylic acids is 2. The standard InChI is InChI=1S/C16H29N5O9/c17-4-2-1-3-8(18)13(26)20-10(6-22)15(28)21-11(7-23)14(27)19-9(16(29)30)5-12(24)25/h8-11,22-23H,1-7,17-18H2,(H,19,27)(H,20,26)(H,21,28)(H,24,25)(H,29,30). The zero-order valence-corrected chi connectivity index (χ0v) is 16.2. The number of nitrogens with two attached hydrogens (primary N) is 2. The summed E-state index contributed by atoms with van der Waals surface area (Å²) in [6.45, 7) is -1.37. The molecule has 0 aromatic heterocycles. The fourth-order valence-corrected chi connectivity index (χ4v) is 2.23. The van der Waals surface area contributed by atoms with Gasteiger partial charge < -0.3 is 47.8 Å². The summed E-state index contributed by atoms with van der Waals surface area (Å²) < 4.78 is 0. The fraction of sp³-hybridized carbons (Fsp3) is 0.688. The van der Waals surface area contributed by atoms with Crippen LogP contribution in [0.15, 0.2) is 0 Å². The number of carbonyl (C=O) groups is 5. The number of aliphatic carboxylic acids is 2. The number of hydrogen-bond acceptors (Lipinski definition) is 9. The highest BCUT2D eigenvalue weighted by atomic mass is 16.4. The van der Waals surface area contributed by atoms with Crippen molar-refractivity contribution in [3.63, 3.8) is 0 Å². The highest BCUT2D eigenvalue weighted by molar-refractivity contribution is 5.94. The number of rotatable bonds is 15. The molecule has 0 saturated heterocycles. The Labute approximate surface area is 172 Å². The van der Waals surface area contributed by atoms with Crippen molar-refractivity contribution >= 4 is 29.7 Å². The summed E-state index contributed by atoms with van der Waals surface area (Å²) in [6, 6.07) is -5.89. The lowest BCUT2D eigenvalue weighted by Crippen LogP contribution is -2.59. The van der Waals surface area contributed by atoms with Gasteiger partial charge in [-0.05, 0) is 19.4 Å². The average molecular weight is 435 g/mol.